The molecule has 3 aromatic carbocycles. The minimum absolute atomic E-state index is 0.115. The first-order valence-electron chi connectivity index (χ1n) is 9.73. The number of ether oxygens (including phenoxy) is 1. The number of hydrogen-bond acceptors (Lipinski definition) is 4. The van der Waals surface area contributed by atoms with E-state index in [0.717, 1.165) is 11.8 Å². The molecule has 0 aliphatic carbocycles. The SMILES string of the molecule is C=CCOc1cccc(NC(=O)c2ccc(CN(c3cccc(Cl)c3)S(C)(=O)=O)cc2)c1. The van der Waals surface area contributed by atoms with Crippen molar-refractivity contribution in [3.8, 4) is 5.75 Å². The van der Waals surface area contributed by atoms with Crippen LogP contribution in [0.2, 0.25) is 5.02 Å². The molecule has 166 valence electrons. The maximum absolute atomic E-state index is 12.6. The Morgan fingerprint density at radius 1 is 1.09 bits per heavy atom. The lowest BCUT2D eigenvalue weighted by Crippen LogP contribution is -2.29. The van der Waals surface area contributed by atoms with Crippen molar-refractivity contribution < 1.29 is 17.9 Å². The Bertz CT molecular complexity index is 1210. The predicted octanol–water partition coefficient (Wildman–Crippen LogP) is 5.12. The van der Waals surface area contributed by atoms with Gasteiger partial charge < -0.3 is 10.1 Å². The second-order valence-electron chi connectivity index (χ2n) is 7.03. The smallest absolute Gasteiger partial charge is 0.255 e. The second-order valence-corrected chi connectivity index (χ2v) is 9.37. The third-order valence-corrected chi connectivity index (χ3v) is 5.87. The molecule has 0 bridgehead atoms. The summed E-state index contributed by atoms with van der Waals surface area (Å²) in [5.74, 6) is 0.340. The van der Waals surface area contributed by atoms with E-state index in [-0.39, 0.29) is 12.5 Å². The van der Waals surface area contributed by atoms with E-state index in [9.17, 15) is 13.2 Å². The van der Waals surface area contributed by atoms with Crippen molar-refractivity contribution in [3.05, 3.63) is 102 Å². The first-order chi connectivity index (χ1) is 15.3. The average molecular weight is 471 g/mol. The molecule has 6 nitrogen and oxygen atoms in total. The van der Waals surface area contributed by atoms with E-state index in [1.54, 1.807) is 78.9 Å². The van der Waals surface area contributed by atoms with E-state index in [0.29, 0.717) is 34.3 Å². The van der Waals surface area contributed by atoms with Gasteiger partial charge in [-0.05, 0) is 48.0 Å². The minimum Gasteiger partial charge on any atom is -0.489 e. The molecule has 0 saturated heterocycles. The molecule has 32 heavy (non-hydrogen) atoms. The van der Waals surface area contributed by atoms with Gasteiger partial charge in [0.1, 0.15) is 12.4 Å². The molecule has 0 saturated carbocycles. The molecule has 3 aromatic rings. The number of sulfonamides is 1. The highest BCUT2D eigenvalue weighted by atomic mass is 35.5. The second kappa shape index (κ2) is 10.3. The molecular weight excluding hydrogens is 448 g/mol. The molecule has 1 N–H and O–H groups in total. The summed E-state index contributed by atoms with van der Waals surface area (Å²) in [6, 6.07) is 20.5. The molecule has 0 atom stereocenters. The summed E-state index contributed by atoms with van der Waals surface area (Å²) in [5, 5.41) is 3.27. The molecule has 1 amide bonds. The van der Waals surface area contributed by atoms with Crippen LogP contribution in [0.15, 0.2) is 85.5 Å². The zero-order valence-electron chi connectivity index (χ0n) is 17.5. The first-order valence-corrected chi connectivity index (χ1v) is 12.0. The summed E-state index contributed by atoms with van der Waals surface area (Å²) >= 11 is 6.02. The molecule has 8 heteroatoms. The molecule has 0 fully saturated rings. The fourth-order valence-corrected chi connectivity index (χ4v) is 4.05. The van der Waals surface area contributed by atoms with E-state index in [4.69, 9.17) is 16.3 Å². The number of rotatable bonds is 9. The maximum Gasteiger partial charge on any atom is 0.255 e. The van der Waals surface area contributed by atoms with Gasteiger partial charge in [-0.3, -0.25) is 9.10 Å². The van der Waals surface area contributed by atoms with Gasteiger partial charge in [0, 0.05) is 22.3 Å². The monoisotopic (exact) mass is 470 g/mol. The van der Waals surface area contributed by atoms with E-state index in [1.165, 1.54) is 4.31 Å². The number of halogens is 1. The Morgan fingerprint density at radius 2 is 1.81 bits per heavy atom. The van der Waals surface area contributed by atoms with Crippen LogP contribution < -0.4 is 14.4 Å². The Hall–Kier alpha value is -3.29. The fourth-order valence-electron chi connectivity index (χ4n) is 2.98. The molecule has 0 aliphatic rings. The lowest BCUT2D eigenvalue weighted by Gasteiger charge is -2.22. The van der Waals surface area contributed by atoms with Crippen LogP contribution in [-0.4, -0.2) is 27.2 Å². The zero-order valence-corrected chi connectivity index (χ0v) is 19.1. The van der Waals surface area contributed by atoms with Crippen molar-refractivity contribution in [2.75, 3.05) is 22.5 Å². The topological polar surface area (TPSA) is 75.7 Å². The lowest BCUT2D eigenvalue weighted by molar-refractivity contribution is 0.102. The van der Waals surface area contributed by atoms with Crippen LogP contribution in [0, 0.1) is 0 Å². The Balaban J connectivity index is 1.72. The molecular formula is C24H23ClN2O4S. The van der Waals surface area contributed by atoms with Crippen molar-refractivity contribution >= 4 is 38.9 Å². The maximum atomic E-state index is 12.6. The van der Waals surface area contributed by atoms with Gasteiger partial charge in [-0.15, -0.1) is 0 Å². The van der Waals surface area contributed by atoms with Crippen molar-refractivity contribution in [2.45, 2.75) is 6.54 Å². The summed E-state index contributed by atoms with van der Waals surface area (Å²) in [7, 11) is -3.53. The van der Waals surface area contributed by atoms with Gasteiger partial charge in [-0.1, -0.05) is 48.5 Å². The molecule has 0 radical (unpaired) electrons. The van der Waals surface area contributed by atoms with E-state index in [1.807, 2.05) is 0 Å². The molecule has 0 aliphatic heterocycles. The van der Waals surface area contributed by atoms with Crippen LogP contribution in [0.1, 0.15) is 15.9 Å². The van der Waals surface area contributed by atoms with Crippen molar-refractivity contribution in [3.63, 3.8) is 0 Å². The fraction of sp³-hybridized carbons (Fsp3) is 0.125. The number of benzene rings is 3. The van der Waals surface area contributed by atoms with Gasteiger partial charge in [0.15, 0.2) is 0 Å². The van der Waals surface area contributed by atoms with Gasteiger partial charge in [0.2, 0.25) is 10.0 Å². The highest BCUT2D eigenvalue weighted by Gasteiger charge is 2.18. The molecule has 0 spiro atoms. The average Bonchev–Trinajstić information content (AvgIpc) is 2.76. The van der Waals surface area contributed by atoms with E-state index in [2.05, 4.69) is 11.9 Å². The molecule has 0 aromatic heterocycles. The Kier molecular flexibility index (Phi) is 7.56. The van der Waals surface area contributed by atoms with Crippen LogP contribution in [0.5, 0.6) is 5.75 Å². The Labute approximate surface area is 193 Å². The highest BCUT2D eigenvalue weighted by molar-refractivity contribution is 7.92. The van der Waals surface area contributed by atoms with E-state index >= 15 is 0 Å². The van der Waals surface area contributed by atoms with Crippen LogP contribution >= 0.6 is 11.6 Å². The third kappa shape index (κ3) is 6.35. The van der Waals surface area contributed by atoms with Crippen LogP contribution in [0.4, 0.5) is 11.4 Å². The zero-order chi connectivity index (χ0) is 23.1. The third-order valence-electron chi connectivity index (χ3n) is 4.50. The first kappa shape index (κ1) is 23.4. The van der Waals surface area contributed by atoms with Gasteiger partial charge >= 0.3 is 0 Å². The molecule has 3 rings (SSSR count). The van der Waals surface area contributed by atoms with Gasteiger partial charge in [-0.2, -0.15) is 0 Å². The number of carbonyl (C=O) groups excluding carboxylic acids is 1. The summed E-state index contributed by atoms with van der Waals surface area (Å²) in [4.78, 5) is 12.6. The van der Waals surface area contributed by atoms with E-state index < -0.39 is 10.0 Å². The highest BCUT2D eigenvalue weighted by Crippen LogP contribution is 2.24. The number of nitrogens with one attached hydrogen (secondary N) is 1. The summed E-state index contributed by atoms with van der Waals surface area (Å²) < 4.78 is 31.4. The summed E-state index contributed by atoms with van der Waals surface area (Å²) in [6.07, 6.45) is 2.78. The molecule has 0 unspecified atom stereocenters. The van der Waals surface area contributed by atoms with Gasteiger partial charge in [0.25, 0.3) is 5.91 Å². The normalized spacial score (nSPS) is 10.9. The Morgan fingerprint density at radius 3 is 2.47 bits per heavy atom. The number of hydrogen-bond donors (Lipinski definition) is 1. The molecule has 0 heterocycles. The minimum atomic E-state index is -3.53. The van der Waals surface area contributed by atoms with Gasteiger partial charge in [0.05, 0.1) is 18.5 Å². The standard InChI is InChI=1S/C24H23ClN2O4S/c1-3-14-31-23-9-5-7-21(16-23)26-24(28)19-12-10-18(11-13-19)17-27(32(2,29)30)22-8-4-6-20(25)15-22/h3-13,15-16H,1,14,17H2,2H3,(H,26,28). The van der Waals surface area contributed by atoms with Crippen LogP contribution in [-0.2, 0) is 16.6 Å². The van der Waals surface area contributed by atoms with Crippen LogP contribution in [0.25, 0.3) is 0 Å². The number of anilines is 2. The van der Waals surface area contributed by atoms with Crippen LogP contribution in [0.3, 0.4) is 0 Å². The number of carbonyl (C=O) groups is 1. The number of nitrogens with zero attached hydrogens (tertiary/aromatic N) is 1. The van der Waals surface area contributed by atoms with Crippen molar-refractivity contribution in [1.29, 1.82) is 0 Å². The summed E-state index contributed by atoms with van der Waals surface area (Å²) in [5.41, 5.74) is 2.25. The number of amides is 1. The lowest BCUT2D eigenvalue weighted by atomic mass is 10.1. The largest absolute Gasteiger partial charge is 0.489 e. The quantitative estimate of drug-likeness (QED) is 0.440. The summed E-state index contributed by atoms with van der Waals surface area (Å²) in [6.45, 7) is 4.10. The van der Waals surface area contributed by atoms with Gasteiger partial charge in [-0.25, -0.2) is 8.42 Å². The predicted molar refractivity (Wildman–Crippen MR) is 129 cm³/mol. The van der Waals surface area contributed by atoms with Crippen molar-refractivity contribution in [2.24, 2.45) is 0 Å². The van der Waals surface area contributed by atoms with Crippen molar-refractivity contribution in [1.82, 2.24) is 0 Å².